The molecule has 4 aliphatic heterocycles. The Morgan fingerprint density at radius 3 is 1.26 bits per heavy atom. The molecule has 5 N–H and O–H groups in total. The fourth-order valence-electron chi connectivity index (χ4n) is 9.76. The van der Waals surface area contributed by atoms with Crippen LogP contribution in [-0.4, -0.2) is 45.9 Å². The molecule has 133 heavy (non-hydrogen) atoms. The third kappa shape index (κ3) is 64.6. The number of thiophene rings is 1. The quantitative estimate of drug-likeness (QED) is 0.0965. The van der Waals surface area contributed by atoms with E-state index in [1.54, 1.807) is 35.8 Å². The first kappa shape index (κ1) is 122. The summed E-state index contributed by atoms with van der Waals surface area (Å²) in [5, 5.41) is 22.8. The minimum atomic E-state index is -0.402. The highest BCUT2D eigenvalue weighted by Crippen LogP contribution is 2.31. The minimum Gasteiger partial charge on any atom is -0.493 e. The average Bonchev–Trinajstić information content (AvgIpc) is 1.71. The van der Waals surface area contributed by atoms with Crippen molar-refractivity contribution in [3.8, 4) is 5.75 Å². The number of ether oxygens (including phenoxy) is 1. The lowest BCUT2D eigenvalue weighted by atomic mass is 10.2. The summed E-state index contributed by atoms with van der Waals surface area (Å²) in [6.07, 6.45) is 7.18. The summed E-state index contributed by atoms with van der Waals surface area (Å²) in [7, 11) is 0. The van der Waals surface area contributed by atoms with Crippen LogP contribution in [0.5, 0.6) is 5.75 Å². The van der Waals surface area contributed by atoms with E-state index in [-0.39, 0.29) is 12.4 Å². The monoisotopic (exact) mass is 1870 g/mol. The lowest BCUT2D eigenvalue weighted by Gasteiger charge is -1.94. The van der Waals surface area contributed by atoms with E-state index in [1.807, 2.05) is 145 Å². The number of H-pyrrole nitrogens is 2. The Balaban J connectivity index is 0.00000139. The van der Waals surface area contributed by atoms with Gasteiger partial charge in [-0.2, -0.15) is 0 Å². The number of furan rings is 1. The number of thioether (sulfide) groups is 1. The van der Waals surface area contributed by atoms with Crippen molar-refractivity contribution in [3.63, 3.8) is 0 Å². The second kappa shape index (κ2) is 74.6. The number of nitrogens with zero attached hydrogens (tertiary/aromatic N) is 2. The Hall–Kier alpha value is -10.9. The van der Waals surface area contributed by atoms with E-state index in [4.69, 9.17) is 18.0 Å². The van der Waals surface area contributed by atoms with Gasteiger partial charge in [0.1, 0.15) is 27.9 Å². The summed E-state index contributed by atoms with van der Waals surface area (Å²) in [5.41, 5.74) is 13.9. The fraction of sp³-hybridized carbons (Fsp3) is 0.414. The highest BCUT2D eigenvalue weighted by molar-refractivity contribution is 7.99. The van der Waals surface area contributed by atoms with Crippen LogP contribution in [0.2, 0.25) is 0 Å². The first-order chi connectivity index (χ1) is 62.8. The van der Waals surface area contributed by atoms with Crippen molar-refractivity contribution in [2.45, 2.75) is 239 Å². The number of aromatic amines is 2. The smallest absolute Gasteiger partial charge is 0.417 e. The van der Waals surface area contributed by atoms with Gasteiger partial charge in [0.25, 0.3) is 0 Å². The molecule has 0 spiro atoms. The first-order valence-electron chi connectivity index (χ1n) is 47.2. The predicted molar refractivity (Wildman–Crippen MR) is 591 cm³/mol. The molecule has 0 amide bonds. The van der Waals surface area contributed by atoms with E-state index in [2.05, 4.69) is 369 Å². The number of aromatic nitrogens is 4. The van der Waals surface area contributed by atoms with Crippen LogP contribution in [-0.2, 0) is 19.3 Å². The Morgan fingerprint density at radius 1 is 0.346 bits per heavy atom. The molecule has 0 radical (unpaired) electrons. The second-order valence-electron chi connectivity index (χ2n) is 37.8. The van der Waals surface area contributed by atoms with Crippen LogP contribution < -0.4 is 31.4 Å². The van der Waals surface area contributed by atoms with Crippen LogP contribution in [0, 0.1) is 59.2 Å². The Labute approximate surface area is 814 Å². The van der Waals surface area contributed by atoms with Crippen LogP contribution in [0.4, 0.5) is 17.1 Å². The summed E-state index contributed by atoms with van der Waals surface area (Å²) in [4.78, 5) is 28.1. The van der Waals surface area contributed by atoms with Gasteiger partial charge in [0.15, 0.2) is 5.58 Å². The first-order valence-corrected chi connectivity index (χ1v) is 49.9. The maximum absolute atomic E-state index is 10.6. The largest absolute Gasteiger partial charge is 0.493 e. The maximum atomic E-state index is 10.6. The van der Waals surface area contributed by atoms with Gasteiger partial charge in [0, 0.05) is 51.1 Å². The van der Waals surface area contributed by atoms with Gasteiger partial charge in [-0.3, -0.25) is 4.98 Å². The van der Waals surface area contributed by atoms with Gasteiger partial charge in [-0.15, -0.1) is 23.1 Å². The fourth-order valence-corrected chi connectivity index (χ4v) is 12.3. The van der Waals surface area contributed by atoms with Gasteiger partial charge < -0.3 is 38.9 Å². The van der Waals surface area contributed by atoms with Gasteiger partial charge >= 0.3 is 10.7 Å². The highest BCUT2D eigenvalue weighted by atomic mass is 32.2. The summed E-state index contributed by atoms with van der Waals surface area (Å²) >= 11 is 4.89. The van der Waals surface area contributed by atoms with Gasteiger partial charge in [-0.1, -0.05) is 384 Å². The normalized spacial score (nSPS) is 11.0. The van der Waals surface area contributed by atoms with E-state index in [0.717, 1.165) is 135 Å². The van der Waals surface area contributed by atoms with Crippen molar-refractivity contribution in [1.29, 1.82) is 0 Å². The summed E-state index contributed by atoms with van der Waals surface area (Å²) in [6.45, 7) is 67.8. The topological polar surface area (TPSA) is 189 Å². The summed E-state index contributed by atoms with van der Waals surface area (Å²) < 4.78 is 26.8. The second-order valence-corrected chi connectivity index (χ2v) is 40.9. The maximum Gasteiger partial charge on any atom is 0.417 e. The SMILES string of the molecule is C.CC(C)C.CC(C)C.CC(C)C.CC(C)C.CC(C)C.CC(C)C.CC(C)C.CC(C)C.CC(C)C.CC(C)C.O=c1[nH]c2ccccc2o1.O=c1oc2ccccc2s1.c1ccc2[nH]ccc2c1.c1ccc2c(c1)CCN2.c1ccc2c(c1)CCO2.c1ccc2c(c1)CCS2.c1ccc2c(c1)NCN2.c1ccc2nonc2c1.c1ccc2occc2c1.c1ccc2sccc2c1. The van der Waals surface area contributed by atoms with Gasteiger partial charge in [-0.05, 0) is 218 Å². The van der Waals surface area contributed by atoms with Gasteiger partial charge in [-0.25, -0.2) is 14.2 Å². The molecule has 0 unspecified atom stereocenters. The van der Waals surface area contributed by atoms with Crippen molar-refractivity contribution in [2.24, 2.45) is 59.2 Å². The van der Waals surface area contributed by atoms with Crippen molar-refractivity contribution in [1.82, 2.24) is 20.3 Å². The number of hydrogen-bond acceptors (Lipinski definition) is 15. The molecule has 10 heterocycles. The van der Waals surface area contributed by atoms with Crippen molar-refractivity contribution in [2.75, 3.05) is 41.5 Å². The Kier molecular flexibility index (Phi) is 68.5. The zero-order valence-corrected chi connectivity index (χ0v) is 88.2. The number of rotatable bonds is 0. The molecule has 17 heteroatoms. The molecule has 0 bridgehead atoms. The number of benzene rings is 10. The third-order valence-corrected chi connectivity index (χ3v) is 17.1. The molecule has 728 valence electrons. The zero-order valence-electron chi connectivity index (χ0n) is 85.8. The van der Waals surface area contributed by atoms with Crippen molar-refractivity contribution < 1.29 is 22.6 Å². The van der Waals surface area contributed by atoms with Crippen LogP contribution in [0.1, 0.15) is 232 Å². The lowest BCUT2D eigenvalue weighted by molar-refractivity contribution is 0.315. The van der Waals surface area contributed by atoms with E-state index in [1.165, 1.54) is 78.2 Å². The molecule has 16 aromatic rings. The van der Waals surface area contributed by atoms with Crippen LogP contribution >= 0.6 is 34.4 Å². The van der Waals surface area contributed by atoms with Crippen LogP contribution in [0.25, 0.3) is 64.4 Å². The van der Waals surface area contributed by atoms with Crippen molar-refractivity contribution in [3.05, 3.63) is 316 Å². The van der Waals surface area contributed by atoms with E-state index < -0.39 is 5.76 Å². The molecule has 0 fully saturated rings. The predicted octanol–water partition coefficient (Wildman–Crippen LogP) is 36.1. The third-order valence-electron chi connectivity index (χ3n) is 14.3. The summed E-state index contributed by atoms with van der Waals surface area (Å²) in [5.74, 6) is 10.3. The zero-order chi connectivity index (χ0) is 98.6. The molecule has 10 aromatic carbocycles. The minimum absolute atomic E-state index is 0. The number of aryl methyl sites for hydroxylation is 1. The number of para-hydroxylation sites is 9. The molecule has 14 nitrogen and oxygen atoms in total. The highest BCUT2D eigenvalue weighted by Gasteiger charge is 2.11. The Bertz CT molecular complexity index is 4610. The number of nitrogens with one attached hydrogen (secondary N) is 5. The number of oxazole rings is 1. The number of anilines is 3. The molecular weight excluding hydrogens is 1700 g/mol. The van der Waals surface area contributed by atoms with E-state index in [9.17, 15) is 9.59 Å². The molecule has 4 aliphatic rings. The van der Waals surface area contributed by atoms with Gasteiger partial charge in [0.05, 0.1) is 41.1 Å². The number of hydrogen-bond donors (Lipinski definition) is 5. The van der Waals surface area contributed by atoms with Crippen LogP contribution in [0.15, 0.2) is 311 Å². The number of fused-ring (bicyclic) bond motifs is 10. The molecule has 0 aliphatic carbocycles. The molecule has 0 saturated heterocycles. The van der Waals surface area contributed by atoms with Crippen molar-refractivity contribution >= 4 is 116 Å². The lowest BCUT2D eigenvalue weighted by Crippen LogP contribution is -1.98. The molecule has 0 atom stereocenters. The van der Waals surface area contributed by atoms with Gasteiger partial charge in [0.2, 0.25) is 0 Å². The molecule has 20 rings (SSSR count). The van der Waals surface area contributed by atoms with Crippen LogP contribution in [0.3, 0.4) is 0 Å². The van der Waals surface area contributed by atoms with E-state index >= 15 is 0 Å². The van der Waals surface area contributed by atoms with E-state index in [0.29, 0.717) is 11.2 Å². The molecule has 6 aromatic heterocycles. The average molecular weight is 1870 g/mol. The molecule has 0 saturated carbocycles. The molecular formula is C116H169N7O7S3. The summed E-state index contributed by atoms with van der Waals surface area (Å²) in [6, 6.07) is 86.3. The Morgan fingerprint density at radius 2 is 0.767 bits per heavy atom. The standard InChI is InChI=1S/C8H9N.C8H7N.C8H8O.C8H6O.C8H8S.C8H6S.C7H8N2.C7H5NO2.C7H4O2S.C6H4N2O.10C4H10.CH4/c6*1-2-4-8-7(3-1)5-6-9-8;1-2-4-7-6(3-1)8-5-9-7;9-7-8-5-3-1-2-4-6(5)10-7;8-7-9-5-3-1-2-4-6(5)10-7;1-2-4-6-5(3-1)7-9-8-6;10*1-4(2)3;/h1-4,9H,5-6H2;1-6,9H;1-4H,5-6H2;1-6H;1-4H,5-6H2;1-6H;1-4,8-9H,5H2;1-4H,(H,8,9);1-4H;1-4H;10*4H,1-3H3;1H4.